The molecule has 0 saturated carbocycles. The number of H-pyrrole nitrogens is 1. The van der Waals surface area contributed by atoms with E-state index in [0.29, 0.717) is 0 Å². The Morgan fingerprint density at radius 1 is 1.47 bits per heavy atom. The summed E-state index contributed by atoms with van der Waals surface area (Å²) >= 11 is 0. The van der Waals surface area contributed by atoms with E-state index in [1.54, 1.807) is 7.05 Å². The highest BCUT2D eigenvalue weighted by molar-refractivity contribution is 7.60. The van der Waals surface area contributed by atoms with E-state index in [1.807, 2.05) is 0 Å². The van der Waals surface area contributed by atoms with Crippen LogP contribution < -0.4 is 20.8 Å². The average Bonchev–Trinajstić information content (AvgIpc) is 3.07. The monoisotopic (exact) mass is 471 g/mol. The van der Waals surface area contributed by atoms with Gasteiger partial charge in [-0.15, -0.1) is 0 Å². The maximum Gasteiger partial charge on any atom is 0.476 e. The van der Waals surface area contributed by atoms with Crippen LogP contribution >= 0.6 is 15.6 Å². The first-order chi connectivity index (χ1) is 13.8. The predicted molar refractivity (Wildman–Crippen MR) is 93.3 cm³/mol. The molecule has 2 aromatic rings. The van der Waals surface area contributed by atoms with E-state index >= 15 is 0 Å². The highest BCUT2D eigenvalue weighted by atomic mass is 31.3. The third-order valence-electron chi connectivity index (χ3n) is 4.25. The van der Waals surface area contributed by atoms with Crippen molar-refractivity contribution in [1.29, 1.82) is 0 Å². The van der Waals surface area contributed by atoms with Crippen LogP contribution in [-0.2, 0) is 34.5 Å². The van der Waals surface area contributed by atoms with Crippen LogP contribution in [0.2, 0.25) is 0 Å². The van der Waals surface area contributed by atoms with Gasteiger partial charge < -0.3 is 39.5 Å². The summed E-state index contributed by atoms with van der Waals surface area (Å²) in [6.45, 7) is -0.783. The number of hydrogen-bond donors (Lipinski definition) is 5. The lowest BCUT2D eigenvalue weighted by molar-refractivity contribution is -0.745. The van der Waals surface area contributed by atoms with E-state index < -0.39 is 52.4 Å². The molecule has 30 heavy (non-hydrogen) atoms. The number of nitrogens with one attached hydrogen (secondary N) is 1. The Morgan fingerprint density at radius 2 is 2.13 bits per heavy atom. The number of anilines is 1. The van der Waals surface area contributed by atoms with Crippen molar-refractivity contribution in [1.82, 2.24) is 14.5 Å². The topological polar surface area (TPSA) is 235 Å². The molecule has 0 spiro atoms. The molecule has 3 rings (SSSR count). The van der Waals surface area contributed by atoms with Gasteiger partial charge in [-0.3, -0.25) is 18.9 Å². The van der Waals surface area contributed by atoms with Gasteiger partial charge in [0.25, 0.3) is 19.3 Å². The minimum atomic E-state index is -5.38. The molecule has 0 amide bonds. The molecule has 1 aliphatic heterocycles. The molecule has 168 valence electrons. The zero-order chi connectivity index (χ0) is 22.4. The number of nitrogen functional groups attached to an aromatic ring is 1. The van der Waals surface area contributed by atoms with Gasteiger partial charge in [-0.2, -0.15) is 0 Å². The van der Waals surface area contributed by atoms with Crippen molar-refractivity contribution < 1.29 is 51.8 Å². The van der Waals surface area contributed by atoms with Crippen LogP contribution in [0.3, 0.4) is 0 Å². The maximum absolute atomic E-state index is 12.1. The van der Waals surface area contributed by atoms with Gasteiger partial charge in [0.05, 0.1) is 13.7 Å². The number of nitrogens with two attached hydrogens (primary N) is 1. The number of phosphoric acid groups is 2. The van der Waals surface area contributed by atoms with Gasteiger partial charge in [-0.25, -0.2) is 13.4 Å². The van der Waals surface area contributed by atoms with Gasteiger partial charge in [0.1, 0.15) is 18.3 Å². The largest absolute Gasteiger partial charge is 0.756 e. The summed E-state index contributed by atoms with van der Waals surface area (Å²) in [4.78, 5) is 47.3. The number of aliphatic hydroxyl groups is 1. The SMILES string of the molecule is CO[C@H]1[C@@H](O)[C@H]([n+]2cn(C)c3c(=O)[nH]c(N)nc32)O[C@@H]1COP(=O)([O-])OP(=O)(O)O. The molecule has 0 radical (unpaired) electrons. The summed E-state index contributed by atoms with van der Waals surface area (Å²) in [5.41, 5.74) is 5.27. The smallest absolute Gasteiger partial charge is 0.476 e. The lowest BCUT2D eigenvalue weighted by atomic mass is 10.1. The summed E-state index contributed by atoms with van der Waals surface area (Å²) in [6.07, 6.45) is -3.44. The number of aromatic amines is 1. The molecule has 1 aliphatic rings. The van der Waals surface area contributed by atoms with Gasteiger partial charge in [0.2, 0.25) is 11.7 Å². The molecule has 0 aliphatic carbocycles. The molecule has 16 nitrogen and oxygen atoms in total. The fourth-order valence-corrected chi connectivity index (χ4v) is 4.71. The fraction of sp³-hybridized carbons (Fsp3) is 0.583. The van der Waals surface area contributed by atoms with Gasteiger partial charge in [0.15, 0.2) is 6.33 Å². The van der Waals surface area contributed by atoms with Crippen molar-refractivity contribution in [2.45, 2.75) is 24.5 Å². The first-order valence-corrected chi connectivity index (χ1v) is 11.2. The summed E-state index contributed by atoms with van der Waals surface area (Å²) in [6, 6.07) is 0. The Kier molecular flexibility index (Phi) is 6.19. The molecule has 3 heterocycles. The van der Waals surface area contributed by atoms with Crippen LogP contribution in [0.15, 0.2) is 11.1 Å². The predicted octanol–water partition coefficient (Wildman–Crippen LogP) is -3.00. The molecule has 1 unspecified atom stereocenters. The van der Waals surface area contributed by atoms with Crippen molar-refractivity contribution in [3.8, 4) is 0 Å². The highest BCUT2D eigenvalue weighted by Crippen LogP contribution is 2.55. The number of nitrogens with zero attached hydrogens (tertiary/aromatic N) is 3. The Labute approximate surface area is 167 Å². The maximum atomic E-state index is 12.1. The summed E-state index contributed by atoms with van der Waals surface area (Å²) in [7, 11) is -7.96. The molecule has 18 heteroatoms. The van der Waals surface area contributed by atoms with Crippen LogP contribution in [0.5, 0.6) is 0 Å². The molecule has 1 saturated heterocycles. The van der Waals surface area contributed by atoms with Crippen LogP contribution in [-0.4, -0.2) is 61.5 Å². The summed E-state index contributed by atoms with van der Waals surface area (Å²) in [5, 5.41) is 10.6. The van der Waals surface area contributed by atoms with Crippen LogP contribution in [0, 0.1) is 0 Å². The zero-order valence-electron chi connectivity index (χ0n) is 15.5. The molecule has 0 bridgehead atoms. The average molecular weight is 471 g/mol. The molecule has 0 aromatic carbocycles. The third kappa shape index (κ3) is 4.63. The molecule has 2 aromatic heterocycles. The van der Waals surface area contributed by atoms with Gasteiger partial charge in [-0.05, 0) is 0 Å². The minimum absolute atomic E-state index is 0.0820. The number of rotatable bonds is 7. The van der Waals surface area contributed by atoms with Crippen molar-refractivity contribution in [3.05, 3.63) is 16.7 Å². The Morgan fingerprint density at radius 3 is 2.73 bits per heavy atom. The Bertz CT molecular complexity index is 1100. The van der Waals surface area contributed by atoms with E-state index in [2.05, 4.69) is 18.8 Å². The number of hydrogen-bond acceptors (Lipinski definition) is 11. The summed E-state index contributed by atoms with van der Waals surface area (Å²) < 4.78 is 43.8. The number of aliphatic hydroxyl groups excluding tert-OH is 1. The highest BCUT2D eigenvalue weighted by Gasteiger charge is 2.48. The second kappa shape index (κ2) is 8.09. The number of phosphoric ester groups is 1. The van der Waals surface area contributed by atoms with Crippen molar-refractivity contribution in [3.63, 3.8) is 0 Å². The second-order valence-corrected chi connectivity index (χ2v) is 9.12. The Hall–Kier alpha value is -1.71. The molecule has 1 fully saturated rings. The van der Waals surface area contributed by atoms with Crippen LogP contribution in [0.4, 0.5) is 5.95 Å². The lowest BCUT2D eigenvalue weighted by Gasteiger charge is -2.25. The van der Waals surface area contributed by atoms with E-state index in [1.165, 1.54) is 22.6 Å². The number of imidazole rings is 1. The number of ether oxygens (including phenoxy) is 2. The summed E-state index contributed by atoms with van der Waals surface area (Å²) in [5.74, 6) is -0.176. The van der Waals surface area contributed by atoms with Crippen molar-refractivity contribution >= 4 is 32.8 Å². The first kappa shape index (κ1) is 23.0. The van der Waals surface area contributed by atoms with Gasteiger partial charge in [-0.1, -0.05) is 4.98 Å². The molecular weight excluding hydrogens is 452 g/mol. The number of fused-ring (bicyclic) bond motifs is 1. The number of aryl methyl sites for hydroxylation is 1. The minimum Gasteiger partial charge on any atom is -0.756 e. The fourth-order valence-electron chi connectivity index (χ4n) is 3.15. The number of methoxy groups -OCH3 is 1. The van der Waals surface area contributed by atoms with Gasteiger partial charge >= 0.3 is 13.5 Å². The third-order valence-corrected chi connectivity index (χ3v) is 6.36. The second-order valence-electron chi connectivity index (χ2n) is 6.33. The number of aromatic nitrogens is 4. The lowest BCUT2D eigenvalue weighted by Crippen LogP contribution is -2.46. The molecule has 5 atom stereocenters. The van der Waals surface area contributed by atoms with Crippen LogP contribution in [0.25, 0.3) is 11.2 Å². The quantitative estimate of drug-likeness (QED) is 0.200. The van der Waals surface area contributed by atoms with E-state index in [0.717, 1.165) is 0 Å². The zero-order valence-corrected chi connectivity index (χ0v) is 17.3. The normalized spacial score (nSPS) is 26.9. The Balaban J connectivity index is 1.87. The molecular formula is C12H19N5O11P2. The molecule has 6 N–H and O–H groups in total. The van der Waals surface area contributed by atoms with Crippen molar-refractivity contribution in [2.75, 3.05) is 19.5 Å². The van der Waals surface area contributed by atoms with Gasteiger partial charge in [0, 0.05) is 7.11 Å². The van der Waals surface area contributed by atoms with Crippen molar-refractivity contribution in [2.24, 2.45) is 7.05 Å². The van der Waals surface area contributed by atoms with E-state index in [-0.39, 0.29) is 17.1 Å². The van der Waals surface area contributed by atoms with E-state index in [9.17, 15) is 23.9 Å². The first-order valence-electron chi connectivity index (χ1n) is 8.17. The standard InChI is InChI=1S/C12H19N5O11P2/c1-16-4-17(9-6(16)10(19)15-12(13)14-9)11-7(18)8(25-2)5(27-11)3-26-30(23,24)28-29(20,21)22/h4-5,7-8,11,18H,3H2,1-2H3,(H5-,13,14,15,19,20,21,22,23,24)/t5-,7-,8-,11-/m1/s1. The van der Waals surface area contributed by atoms with E-state index in [4.69, 9.17) is 25.0 Å². The van der Waals surface area contributed by atoms with Crippen LogP contribution in [0.1, 0.15) is 6.23 Å².